The number of amides is 1. The monoisotopic (exact) mass is 415 g/mol. The summed E-state index contributed by atoms with van der Waals surface area (Å²) in [6.07, 6.45) is 14.2. The second-order valence-corrected chi connectivity index (χ2v) is 7.92. The molecule has 3 rings (SSSR count). The molecule has 5 heteroatoms. The van der Waals surface area contributed by atoms with Crippen molar-refractivity contribution in [3.63, 3.8) is 0 Å². The average Bonchev–Trinajstić information content (AvgIpc) is 2.88. The van der Waals surface area contributed by atoms with Gasteiger partial charge >= 0.3 is 0 Å². The van der Waals surface area contributed by atoms with Gasteiger partial charge in [0.1, 0.15) is 5.69 Å². The van der Waals surface area contributed by atoms with Crippen LogP contribution in [0.15, 0.2) is 6.20 Å². The van der Waals surface area contributed by atoms with Gasteiger partial charge in [0.2, 0.25) is 0 Å². The summed E-state index contributed by atoms with van der Waals surface area (Å²) in [4.78, 5) is 15.6. The number of rotatable bonds is 3. The van der Waals surface area contributed by atoms with Crippen LogP contribution in [0.3, 0.4) is 0 Å². The van der Waals surface area contributed by atoms with Gasteiger partial charge in [0, 0.05) is 19.1 Å². The van der Waals surface area contributed by atoms with Gasteiger partial charge < -0.3 is 4.90 Å². The average molecular weight is 415 g/mol. The highest BCUT2D eigenvalue weighted by molar-refractivity contribution is 14.1. The van der Waals surface area contributed by atoms with Crippen LogP contribution in [-0.4, -0.2) is 32.7 Å². The van der Waals surface area contributed by atoms with E-state index in [1.54, 1.807) is 10.9 Å². The predicted octanol–water partition coefficient (Wildman–Crippen LogP) is 4.13. The molecule has 0 N–H and O–H groups in total. The second-order valence-electron chi connectivity index (χ2n) is 6.76. The summed E-state index contributed by atoms with van der Waals surface area (Å²) in [5.74, 6) is 0.211. The van der Waals surface area contributed by atoms with Gasteiger partial charge in [-0.2, -0.15) is 5.10 Å². The SMILES string of the molecule is Cn1ncc(I)c1C(=O)N(C1CCCCC1)C1CCCCC1. The van der Waals surface area contributed by atoms with Crippen molar-refractivity contribution in [2.45, 2.75) is 76.3 Å². The summed E-state index contributed by atoms with van der Waals surface area (Å²) in [7, 11) is 1.88. The molecule has 1 aromatic heterocycles. The first kappa shape index (κ1) is 16.3. The minimum absolute atomic E-state index is 0.211. The third-order valence-corrected chi connectivity index (χ3v) is 6.06. The molecule has 0 bridgehead atoms. The van der Waals surface area contributed by atoms with E-state index >= 15 is 0 Å². The Bertz CT molecular complexity index is 478. The topological polar surface area (TPSA) is 38.1 Å². The van der Waals surface area contributed by atoms with Crippen LogP contribution in [0.1, 0.15) is 74.7 Å². The van der Waals surface area contributed by atoms with Gasteiger partial charge in [-0.05, 0) is 48.3 Å². The molecule has 2 fully saturated rings. The molecule has 0 unspecified atom stereocenters. The maximum Gasteiger partial charge on any atom is 0.273 e. The number of nitrogens with zero attached hydrogens (tertiary/aromatic N) is 3. The Kier molecular flexibility index (Phi) is 5.42. The highest BCUT2D eigenvalue weighted by Gasteiger charge is 2.34. The molecule has 1 amide bonds. The summed E-state index contributed by atoms with van der Waals surface area (Å²) in [5, 5.41) is 4.27. The summed E-state index contributed by atoms with van der Waals surface area (Å²) < 4.78 is 2.73. The minimum Gasteiger partial charge on any atom is -0.331 e. The van der Waals surface area contributed by atoms with Crippen LogP contribution in [0, 0.1) is 3.57 Å². The van der Waals surface area contributed by atoms with Crippen molar-refractivity contribution in [3.05, 3.63) is 15.5 Å². The van der Waals surface area contributed by atoms with Gasteiger partial charge in [0.05, 0.1) is 9.77 Å². The zero-order chi connectivity index (χ0) is 15.5. The Morgan fingerprint density at radius 2 is 1.59 bits per heavy atom. The maximum absolute atomic E-state index is 13.3. The van der Waals surface area contributed by atoms with E-state index in [9.17, 15) is 4.79 Å². The molecule has 2 aliphatic carbocycles. The Morgan fingerprint density at radius 1 is 1.09 bits per heavy atom. The van der Waals surface area contributed by atoms with Crippen molar-refractivity contribution in [2.75, 3.05) is 0 Å². The van der Waals surface area contributed by atoms with E-state index in [0.29, 0.717) is 12.1 Å². The van der Waals surface area contributed by atoms with E-state index in [1.165, 1.54) is 64.2 Å². The molecule has 1 heterocycles. The fourth-order valence-corrected chi connectivity index (χ4v) is 4.83. The van der Waals surface area contributed by atoms with Crippen LogP contribution in [-0.2, 0) is 7.05 Å². The number of carbonyl (C=O) groups is 1. The minimum atomic E-state index is 0.211. The van der Waals surface area contributed by atoms with Crippen molar-refractivity contribution in [1.29, 1.82) is 0 Å². The molecule has 4 nitrogen and oxygen atoms in total. The van der Waals surface area contributed by atoms with Gasteiger partial charge in [0.25, 0.3) is 5.91 Å². The van der Waals surface area contributed by atoms with Crippen molar-refractivity contribution in [3.8, 4) is 0 Å². The van der Waals surface area contributed by atoms with Gasteiger partial charge in [-0.25, -0.2) is 0 Å². The largest absolute Gasteiger partial charge is 0.331 e. The molecule has 0 aromatic carbocycles. The zero-order valence-corrected chi connectivity index (χ0v) is 15.6. The molecule has 0 aliphatic heterocycles. The summed E-state index contributed by atoms with van der Waals surface area (Å²) in [5.41, 5.74) is 0.775. The highest BCUT2D eigenvalue weighted by atomic mass is 127. The second kappa shape index (κ2) is 7.32. The lowest BCUT2D eigenvalue weighted by Gasteiger charge is -2.41. The number of hydrogen-bond acceptors (Lipinski definition) is 2. The molecule has 1 aromatic rings. The van der Waals surface area contributed by atoms with Crippen molar-refractivity contribution in [1.82, 2.24) is 14.7 Å². The molecule has 0 atom stereocenters. The van der Waals surface area contributed by atoms with Gasteiger partial charge in [-0.1, -0.05) is 38.5 Å². The first-order valence-corrected chi connectivity index (χ1v) is 9.76. The molecule has 2 saturated carbocycles. The smallest absolute Gasteiger partial charge is 0.273 e. The third kappa shape index (κ3) is 3.34. The lowest BCUT2D eigenvalue weighted by atomic mass is 9.88. The molecule has 122 valence electrons. The Hall–Kier alpha value is -0.590. The van der Waals surface area contributed by atoms with E-state index in [4.69, 9.17) is 0 Å². The van der Waals surface area contributed by atoms with Gasteiger partial charge in [-0.3, -0.25) is 9.48 Å². The fourth-order valence-electron chi connectivity index (χ4n) is 4.12. The predicted molar refractivity (Wildman–Crippen MR) is 95.8 cm³/mol. The van der Waals surface area contributed by atoms with E-state index < -0.39 is 0 Å². The number of aryl methyl sites for hydroxylation is 1. The van der Waals surface area contributed by atoms with Crippen LogP contribution >= 0.6 is 22.6 Å². The number of hydrogen-bond donors (Lipinski definition) is 0. The number of carbonyl (C=O) groups excluding carboxylic acids is 1. The number of aromatic nitrogens is 2. The van der Waals surface area contributed by atoms with Crippen LogP contribution < -0.4 is 0 Å². The summed E-state index contributed by atoms with van der Waals surface area (Å²) in [6, 6.07) is 0.880. The standard InChI is InChI=1S/C17H26IN3O/c1-20-16(15(18)12-19-20)17(22)21(13-8-4-2-5-9-13)14-10-6-3-7-11-14/h12-14H,2-11H2,1H3. The fraction of sp³-hybridized carbons (Fsp3) is 0.765. The van der Waals surface area contributed by atoms with Gasteiger partial charge in [-0.15, -0.1) is 0 Å². The molecule has 0 saturated heterocycles. The first-order chi connectivity index (χ1) is 10.7. The molecule has 2 aliphatic rings. The van der Waals surface area contributed by atoms with Crippen LogP contribution in [0.2, 0.25) is 0 Å². The maximum atomic E-state index is 13.3. The highest BCUT2D eigenvalue weighted by Crippen LogP contribution is 2.32. The Labute approximate surface area is 146 Å². The molecule has 0 spiro atoms. The zero-order valence-electron chi connectivity index (χ0n) is 13.4. The van der Waals surface area contributed by atoms with Gasteiger partial charge in [0.15, 0.2) is 0 Å². The first-order valence-electron chi connectivity index (χ1n) is 8.68. The van der Waals surface area contributed by atoms with Crippen molar-refractivity contribution < 1.29 is 4.79 Å². The molecular formula is C17H26IN3O. The third-order valence-electron chi connectivity index (χ3n) is 5.27. The van der Waals surface area contributed by atoms with E-state index in [1.807, 2.05) is 7.05 Å². The van der Waals surface area contributed by atoms with Crippen LogP contribution in [0.4, 0.5) is 0 Å². The normalized spacial score (nSPS) is 21.0. The van der Waals surface area contributed by atoms with E-state index in [0.717, 1.165) is 9.26 Å². The van der Waals surface area contributed by atoms with Crippen LogP contribution in [0.5, 0.6) is 0 Å². The number of halogens is 1. The van der Waals surface area contributed by atoms with E-state index in [-0.39, 0.29) is 5.91 Å². The van der Waals surface area contributed by atoms with E-state index in [2.05, 4.69) is 32.6 Å². The molecule has 22 heavy (non-hydrogen) atoms. The van der Waals surface area contributed by atoms with Crippen molar-refractivity contribution in [2.24, 2.45) is 7.05 Å². The van der Waals surface area contributed by atoms with Crippen molar-refractivity contribution >= 4 is 28.5 Å². The van der Waals surface area contributed by atoms with Crippen LogP contribution in [0.25, 0.3) is 0 Å². The quantitative estimate of drug-likeness (QED) is 0.697. The molecular weight excluding hydrogens is 389 g/mol. The molecule has 0 radical (unpaired) electrons. The lowest BCUT2D eigenvalue weighted by molar-refractivity contribution is 0.0436. The summed E-state index contributed by atoms with van der Waals surface area (Å²) in [6.45, 7) is 0. The Balaban J connectivity index is 1.88. The summed E-state index contributed by atoms with van der Waals surface area (Å²) >= 11 is 2.24. The lowest BCUT2D eigenvalue weighted by Crippen LogP contribution is -2.49. The Morgan fingerprint density at radius 3 is 2.00 bits per heavy atom.